The highest BCUT2D eigenvalue weighted by Crippen LogP contribution is 2.40. The van der Waals surface area contributed by atoms with E-state index in [9.17, 15) is 18.0 Å². The molecule has 1 saturated heterocycles. The minimum absolute atomic E-state index is 0.00687. The molecule has 2 aliphatic heterocycles. The molecule has 0 radical (unpaired) electrons. The van der Waals surface area contributed by atoms with Crippen molar-refractivity contribution in [3.63, 3.8) is 0 Å². The summed E-state index contributed by atoms with van der Waals surface area (Å²) >= 11 is 0. The van der Waals surface area contributed by atoms with E-state index in [-0.39, 0.29) is 35.3 Å². The van der Waals surface area contributed by atoms with Crippen LogP contribution < -0.4 is 15.1 Å². The summed E-state index contributed by atoms with van der Waals surface area (Å²) in [5.74, 6) is -0.376. The Morgan fingerprint density at radius 2 is 1.90 bits per heavy atom. The van der Waals surface area contributed by atoms with Crippen LogP contribution in [0.1, 0.15) is 53.4 Å². The summed E-state index contributed by atoms with van der Waals surface area (Å²) in [6, 6.07) is 4.67. The third-order valence-corrected chi connectivity index (χ3v) is 8.31. The van der Waals surface area contributed by atoms with Gasteiger partial charge in [0.2, 0.25) is 21.8 Å². The van der Waals surface area contributed by atoms with Crippen molar-refractivity contribution in [3.05, 3.63) is 18.2 Å². The Balaban J connectivity index is 2.04. The second-order valence-corrected chi connectivity index (χ2v) is 10.2. The molecule has 1 aromatic rings. The van der Waals surface area contributed by atoms with E-state index in [1.165, 1.54) is 9.21 Å². The molecule has 0 aromatic heterocycles. The average molecular weight is 451 g/mol. The Labute approximate surface area is 185 Å². The van der Waals surface area contributed by atoms with Gasteiger partial charge in [-0.25, -0.2) is 8.42 Å². The predicted molar refractivity (Wildman–Crippen MR) is 122 cm³/mol. The number of anilines is 2. The summed E-state index contributed by atoms with van der Waals surface area (Å²) in [4.78, 5) is 29.7. The molecule has 1 N–H and O–H groups in total. The zero-order chi connectivity index (χ0) is 22.8. The molecular formula is C22H34N4O4S. The van der Waals surface area contributed by atoms with Gasteiger partial charge in [0.1, 0.15) is 12.6 Å². The Morgan fingerprint density at radius 3 is 2.55 bits per heavy atom. The maximum absolute atomic E-state index is 13.4. The first-order valence-electron chi connectivity index (χ1n) is 11.3. The lowest BCUT2D eigenvalue weighted by atomic mass is 9.96. The van der Waals surface area contributed by atoms with Gasteiger partial charge in [-0.3, -0.25) is 14.5 Å². The zero-order valence-electron chi connectivity index (χ0n) is 18.9. The number of sulfonamides is 1. The number of rotatable bonds is 8. The molecule has 1 fully saturated rings. The molecule has 0 aliphatic carbocycles. The fourth-order valence-corrected chi connectivity index (χ4v) is 5.82. The normalized spacial score (nSPS) is 19.8. The molecule has 0 unspecified atom stereocenters. The highest BCUT2D eigenvalue weighted by molar-refractivity contribution is 7.89. The fourth-order valence-electron chi connectivity index (χ4n) is 4.34. The van der Waals surface area contributed by atoms with Gasteiger partial charge in [-0.2, -0.15) is 4.31 Å². The molecule has 2 atom stereocenters. The van der Waals surface area contributed by atoms with Gasteiger partial charge >= 0.3 is 0 Å². The van der Waals surface area contributed by atoms with Crippen molar-refractivity contribution < 1.29 is 18.0 Å². The highest BCUT2D eigenvalue weighted by atomic mass is 32.2. The first-order chi connectivity index (χ1) is 14.7. The van der Waals surface area contributed by atoms with Crippen molar-refractivity contribution >= 4 is 33.2 Å². The van der Waals surface area contributed by atoms with E-state index in [1.807, 2.05) is 13.8 Å². The minimum Gasteiger partial charge on any atom is -0.358 e. The van der Waals surface area contributed by atoms with E-state index < -0.39 is 10.0 Å². The largest absolute Gasteiger partial charge is 0.358 e. The molecule has 1 aromatic carbocycles. The molecule has 0 saturated carbocycles. The van der Waals surface area contributed by atoms with Gasteiger partial charge in [0.25, 0.3) is 0 Å². The number of nitrogens with one attached hydrogen (secondary N) is 1. The second kappa shape index (κ2) is 9.56. The highest BCUT2D eigenvalue weighted by Gasteiger charge is 2.40. The van der Waals surface area contributed by atoms with E-state index in [0.717, 1.165) is 37.9 Å². The van der Waals surface area contributed by atoms with Crippen LogP contribution >= 0.6 is 0 Å². The number of fused-ring (bicyclic) bond motifs is 3. The molecule has 2 heterocycles. The maximum atomic E-state index is 13.4. The summed E-state index contributed by atoms with van der Waals surface area (Å²) in [5, 5.41) is 2.91. The molecule has 8 nitrogen and oxygen atoms in total. The summed E-state index contributed by atoms with van der Waals surface area (Å²) < 4.78 is 27.6. The van der Waals surface area contributed by atoms with Crippen LogP contribution in [0.25, 0.3) is 0 Å². The summed E-state index contributed by atoms with van der Waals surface area (Å²) in [7, 11) is -3.68. The second-order valence-electron chi connectivity index (χ2n) is 8.25. The van der Waals surface area contributed by atoms with Crippen molar-refractivity contribution in [2.24, 2.45) is 0 Å². The van der Waals surface area contributed by atoms with Gasteiger partial charge in [0.05, 0.1) is 16.3 Å². The number of hydrogen-bond donors (Lipinski definition) is 1. The number of hydrogen-bond acceptors (Lipinski definition) is 5. The average Bonchev–Trinajstić information content (AvgIpc) is 2.76. The van der Waals surface area contributed by atoms with Crippen LogP contribution in [-0.2, 0) is 19.6 Å². The van der Waals surface area contributed by atoms with E-state index >= 15 is 0 Å². The lowest BCUT2D eigenvalue weighted by molar-refractivity contribution is -0.125. The van der Waals surface area contributed by atoms with E-state index in [4.69, 9.17) is 0 Å². The molecule has 3 rings (SSSR count). The predicted octanol–water partition coefficient (Wildman–Crippen LogP) is 2.34. The number of carbonyl (C=O) groups is 2. The Hall–Kier alpha value is -2.13. The van der Waals surface area contributed by atoms with Gasteiger partial charge in [0, 0.05) is 25.7 Å². The summed E-state index contributed by atoms with van der Waals surface area (Å²) in [5.41, 5.74) is 1.31. The molecular weight excluding hydrogens is 416 g/mol. The lowest BCUT2D eigenvalue weighted by Crippen LogP contribution is -2.57. The van der Waals surface area contributed by atoms with Crippen molar-refractivity contribution in [2.75, 3.05) is 36.0 Å². The lowest BCUT2D eigenvalue weighted by Gasteiger charge is -2.45. The maximum Gasteiger partial charge on any atom is 0.250 e. The Morgan fingerprint density at radius 1 is 1.19 bits per heavy atom. The van der Waals surface area contributed by atoms with Crippen LogP contribution in [0.5, 0.6) is 0 Å². The Kier molecular flexibility index (Phi) is 7.26. The minimum atomic E-state index is -3.68. The quantitative estimate of drug-likeness (QED) is 0.657. The number of piperidine rings is 1. The number of benzene rings is 1. The zero-order valence-corrected chi connectivity index (χ0v) is 19.7. The fraction of sp³-hybridized carbons (Fsp3) is 0.636. The van der Waals surface area contributed by atoms with Crippen LogP contribution in [-0.4, -0.2) is 62.8 Å². The third kappa shape index (κ3) is 4.57. The van der Waals surface area contributed by atoms with Gasteiger partial charge < -0.3 is 10.2 Å². The van der Waals surface area contributed by atoms with Crippen LogP contribution in [0.15, 0.2) is 23.1 Å². The molecule has 9 heteroatoms. The van der Waals surface area contributed by atoms with Crippen LogP contribution in [0.2, 0.25) is 0 Å². The van der Waals surface area contributed by atoms with E-state index in [0.29, 0.717) is 18.8 Å². The van der Waals surface area contributed by atoms with E-state index in [1.54, 1.807) is 32.0 Å². The molecule has 0 spiro atoms. The van der Waals surface area contributed by atoms with E-state index in [2.05, 4.69) is 10.2 Å². The number of carbonyl (C=O) groups excluding carboxylic acids is 2. The topological polar surface area (TPSA) is 90.0 Å². The summed E-state index contributed by atoms with van der Waals surface area (Å²) in [6.45, 7) is 8.86. The molecule has 0 bridgehead atoms. The van der Waals surface area contributed by atoms with Gasteiger partial charge in [-0.15, -0.1) is 0 Å². The van der Waals surface area contributed by atoms with Crippen LogP contribution in [0.3, 0.4) is 0 Å². The molecule has 172 valence electrons. The molecule has 2 aliphatic rings. The van der Waals surface area contributed by atoms with Gasteiger partial charge in [-0.05, 0) is 50.8 Å². The third-order valence-electron chi connectivity index (χ3n) is 6.27. The Bertz CT molecular complexity index is 929. The van der Waals surface area contributed by atoms with Crippen molar-refractivity contribution in [2.45, 2.75) is 70.4 Å². The smallest absolute Gasteiger partial charge is 0.250 e. The van der Waals surface area contributed by atoms with Gasteiger partial charge in [0.15, 0.2) is 0 Å². The van der Waals surface area contributed by atoms with Gasteiger partial charge in [-0.1, -0.05) is 20.8 Å². The first-order valence-corrected chi connectivity index (χ1v) is 12.7. The number of nitrogens with zero attached hydrogens (tertiary/aromatic N) is 3. The summed E-state index contributed by atoms with van der Waals surface area (Å²) in [6.07, 6.45) is 3.47. The molecule has 2 amide bonds. The first kappa shape index (κ1) is 23.5. The van der Waals surface area contributed by atoms with Crippen LogP contribution in [0, 0.1) is 0 Å². The number of amides is 2. The van der Waals surface area contributed by atoms with Crippen LogP contribution in [0.4, 0.5) is 11.4 Å². The van der Waals surface area contributed by atoms with Crippen molar-refractivity contribution in [1.82, 2.24) is 9.62 Å². The molecule has 31 heavy (non-hydrogen) atoms. The standard InChI is InChI=1S/C22H34N4O4S/c1-5-16(4)23-21(27)15-26-20-14-17(31(29,30)24(6-2)7-3)11-12-18(20)25-13-9-8-10-19(25)22(26)28/h11-12,14,16,19H,5-10,13,15H2,1-4H3,(H,23,27)/t16-,19-/m1/s1. The monoisotopic (exact) mass is 450 g/mol. The van der Waals surface area contributed by atoms with Crippen molar-refractivity contribution in [3.8, 4) is 0 Å². The van der Waals surface area contributed by atoms with Crippen molar-refractivity contribution in [1.29, 1.82) is 0 Å². The SMILES string of the molecule is CC[C@@H](C)NC(=O)CN1C(=O)[C@H]2CCCCN2c2ccc(S(=O)(=O)N(CC)CC)cc21.